The van der Waals surface area contributed by atoms with Crippen LogP contribution in [0.4, 0.5) is 5.88 Å². The smallest absolute Gasteiger partial charge is 0.270 e. The Morgan fingerprint density at radius 1 is 1.14 bits per heavy atom. The van der Waals surface area contributed by atoms with Gasteiger partial charge in [-0.2, -0.15) is 0 Å². The van der Waals surface area contributed by atoms with E-state index in [-0.39, 0.29) is 22.2 Å². The Bertz CT molecular complexity index is 1480. The van der Waals surface area contributed by atoms with Crippen LogP contribution in [0.1, 0.15) is 23.1 Å². The van der Waals surface area contributed by atoms with Gasteiger partial charge in [0.2, 0.25) is 0 Å². The number of sulfonamides is 1. The number of rotatable bonds is 11. The number of ether oxygens (including phenoxy) is 4. The van der Waals surface area contributed by atoms with Gasteiger partial charge >= 0.3 is 0 Å². The molecule has 0 radical (unpaired) electrons. The van der Waals surface area contributed by atoms with E-state index in [1.54, 1.807) is 64.6 Å². The Labute approximate surface area is 223 Å². The largest absolute Gasteiger partial charge is 0.496 e. The fraction of sp³-hybridized carbons (Fsp3) is 0.333. The molecule has 4 aromatic rings. The van der Waals surface area contributed by atoms with E-state index in [4.69, 9.17) is 35.1 Å². The van der Waals surface area contributed by atoms with Crippen LogP contribution in [0, 0.1) is 6.92 Å². The zero-order valence-electron chi connectivity index (χ0n) is 20.8. The lowest BCUT2D eigenvalue weighted by Crippen LogP contribution is -2.35. The van der Waals surface area contributed by atoms with Crippen molar-refractivity contribution in [3.05, 3.63) is 57.7 Å². The number of pyridine rings is 1. The van der Waals surface area contributed by atoms with Crippen LogP contribution in [0.2, 0.25) is 5.02 Å². The van der Waals surface area contributed by atoms with Gasteiger partial charge in [0.05, 0.1) is 14.2 Å². The molecular formula is C24H26ClN3O7S2. The summed E-state index contributed by atoms with van der Waals surface area (Å²) in [5.74, 6) is 0.971. The second-order valence-corrected chi connectivity index (χ2v) is 11.1. The highest BCUT2D eigenvalue weighted by Gasteiger charge is 2.36. The molecule has 3 aromatic heterocycles. The first-order valence-corrected chi connectivity index (χ1v) is 13.7. The van der Waals surface area contributed by atoms with Crippen molar-refractivity contribution >= 4 is 49.1 Å². The number of hydrogen-bond donors (Lipinski definition) is 0. The van der Waals surface area contributed by atoms with E-state index >= 15 is 0 Å². The summed E-state index contributed by atoms with van der Waals surface area (Å²) in [7, 11) is 0.230. The van der Waals surface area contributed by atoms with Gasteiger partial charge < -0.3 is 23.5 Å². The molecule has 0 spiro atoms. The molecule has 13 heteroatoms. The van der Waals surface area contributed by atoms with Crippen molar-refractivity contribution in [2.75, 3.05) is 32.4 Å². The van der Waals surface area contributed by atoms with Crippen molar-refractivity contribution in [3.63, 3.8) is 0 Å². The standard InChI is InChI=1S/C24H26ClN3O7S2/c1-14-21(25)24(35-27-14)28(13-34-15(2)31-3)37(29,30)22-16-8-7-11-26-23(16)36-20(22)12-17-18(32-4)9-6-10-19(17)33-5/h6-11,15H,12-13H2,1-5H3. The summed E-state index contributed by atoms with van der Waals surface area (Å²) in [6.07, 6.45) is 1.12. The second-order valence-electron chi connectivity index (χ2n) is 7.87. The maximum atomic E-state index is 14.4. The number of hydrogen-bond acceptors (Lipinski definition) is 10. The Balaban J connectivity index is 1.91. The zero-order chi connectivity index (χ0) is 26.7. The second kappa shape index (κ2) is 11.2. The molecule has 0 aliphatic carbocycles. The molecule has 4 rings (SSSR count). The molecular weight excluding hydrogens is 542 g/mol. The zero-order valence-corrected chi connectivity index (χ0v) is 23.2. The topological polar surface area (TPSA) is 113 Å². The van der Waals surface area contributed by atoms with Gasteiger partial charge in [-0.25, -0.2) is 17.7 Å². The van der Waals surface area contributed by atoms with Gasteiger partial charge in [0.1, 0.15) is 38.7 Å². The highest BCUT2D eigenvalue weighted by molar-refractivity contribution is 7.93. The Morgan fingerprint density at radius 3 is 2.43 bits per heavy atom. The molecule has 0 aliphatic heterocycles. The summed E-state index contributed by atoms with van der Waals surface area (Å²) >= 11 is 7.66. The van der Waals surface area contributed by atoms with E-state index in [9.17, 15) is 8.42 Å². The lowest BCUT2D eigenvalue weighted by atomic mass is 10.1. The SMILES string of the molecule is COc1cccc(OC)c1Cc1sc2ncccc2c1S(=O)(=O)N(COC(C)OC)c1onc(C)c1Cl. The molecule has 0 N–H and O–H groups in total. The molecule has 37 heavy (non-hydrogen) atoms. The lowest BCUT2D eigenvalue weighted by molar-refractivity contribution is -0.108. The first kappa shape index (κ1) is 27.1. The molecule has 0 saturated carbocycles. The minimum Gasteiger partial charge on any atom is -0.496 e. The van der Waals surface area contributed by atoms with Crippen LogP contribution in [0.25, 0.3) is 10.2 Å². The molecule has 1 unspecified atom stereocenters. The van der Waals surface area contributed by atoms with Gasteiger partial charge in [0.25, 0.3) is 15.9 Å². The summed E-state index contributed by atoms with van der Waals surface area (Å²) in [4.78, 5) is 5.53. The van der Waals surface area contributed by atoms with Gasteiger partial charge in [-0.15, -0.1) is 11.3 Å². The van der Waals surface area contributed by atoms with Crippen molar-refractivity contribution in [3.8, 4) is 11.5 Å². The molecule has 3 heterocycles. The van der Waals surface area contributed by atoms with E-state index in [2.05, 4.69) is 10.1 Å². The number of benzene rings is 1. The van der Waals surface area contributed by atoms with Crippen molar-refractivity contribution in [1.82, 2.24) is 10.1 Å². The summed E-state index contributed by atoms with van der Waals surface area (Å²) < 4.78 is 56.9. The van der Waals surface area contributed by atoms with Crippen LogP contribution in [0.3, 0.4) is 0 Å². The number of aromatic nitrogens is 2. The van der Waals surface area contributed by atoms with Gasteiger partial charge in [-0.1, -0.05) is 22.8 Å². The molecule has 1 aromatic carbocycles. The molecule has 10 nitrogen and oxygen atoms in total. The first-order chi connectivity index (χ1) is 17.7. The normalized spacial score (nSPS) is 12.6. The minimum atomic E-state index is -4.32. The highest BCUT2D eigenvalue weighted by Crippen LogP contribution is 2.42. The highest BCUT2D eigenvalue weighted by atomic mass is 35.5. The average molecular weight is 568 g/mol. The number of anilines is 1. The summed E-state index contributed by atoms with van der Waals surface area (Å²) in [6.45, 7) is 2.82. The van der Waals surface area contributed by atoms with Crippen LogP contribution >= 0.6 is 22.9 Å². The van der Waals surface area contributed by atoms with E-state index in [1.807, 2.05) is 0 Å². The van der Waals surface area contributed by atoms with Crippen molar-refractivity contribution in [2.45, 2.75) is 31.5 Å². The molecule has 0 aliphatic rings. The van der Waals surface area contributed by atoms with Gasteiger partial charge in [-0.05, 0) is 38.1 Å². The summed E-state index contributed by atoms with van der Waals surface area (Å²) in [5, 5.41) is 4.34. The Kier molecular flexibility index (Phi) is 8.24. The Hall–Kier alpha value is -2.90. The number of halogens is 1. The lowest BCUT2D eigenvalue weighted by Gasteiger charge is -2.23. The maximum absolute atomic E-state index is 14.4. The van der Waals surface area contributed by atoms with Crippen molar-refractivity contribution in [2.24, 2.45) is 0 Å². The number of thiophene rings is 1. The van der Waals surface area contributed by atoms with Gasteiger partial charge in [0, 0.05) is 35.6 Å². The third kappa shape index (κ3) is 5.25. The number of fused-ring (bicyclic) bond motifs is 1. The fourth-order valence-corrected chi connectivity index (χ4v) is 7.05. The van der Waals surface area contributed by atoms with E-state index < -0.39 is 23.0 Å². The predicted octanol–water partition coefficient (Wildman–Crippen LogP) is 5.02. The average Bonchev–Trinajstić information content (AvgIpc) is 3.43. The molecule has 0 amide bonds. The molecule has 0 fully saturated rings. The predicted molar refractivity (Wildman–Crippen MR) is 140 cm³/mol. The monoisotopic (exact) mass is 567 g/mol. The van der Waals surface area contributed by atoms with E-state index in [1.165, 1.54) is 18.4 Å². The maximum Gasteiger partial charge on any atom is 0.270 e. The van der Waals surface area contributed by atoms with Crippen LogP contribution in [-0.2, 0) is 25.9 Å². The third-order valence-corrected chi connectivity index (χ3v) is 9.18. The molecule has 0 saturated heterocycles. The van der Waals surface area contributed by atoms with E-state index in [0.717, 1.165) is 4.31 Å². The molecule has 1 atom stereocenters. The Morgan fingerprint density at radius 2 is 1.84 bits per heavy atom. The van der Waals surface area contributed by atoms with E-state index in [0.29, 0.717) is 37.9 Å². The number of aryl methyl sites for hydroxylation is 1. The van der Waals surface area contributed by atoms with Crippen molar-refractivity contribution < 1.29 is 31.9 Å². The van der Waals surface area contributed by atoms with Crippen LogP contribution < -0.4 is 13.8 Å². The van der Waals surface area contributed by atoms with Crippen LogP contribution in [-0.4, -0.2) is 52.9 Å². The van der Waals surface area contributed by atoms with Crippen molar-refractivity contribution in [1.29, 1.82) is 0 Å². The first-order valence-electron chi connectivity index (χ1n) is 11.1. The fourth-order valence-electron chi connectivity index (χ4n) is 3.71. The quantitative estimate of drug-likeness (QED) is 0.231. The van der Waals surface area contributed by atoms with Gasteiger partial charge in [0.15, 0.2) is 6.29 Å². The third-order valence-electron chi connectivity index (χ3n) is 5.66. The minimum absolute atomic E-state index is 0.0485. The number of nitrogens with zero attached hydrogens (tertiary/aromatic N) is 3. The number of methoxy groups -OCH3 is 3. The molecule has 198 valence electrons. The summed E-state index contributed by atoms with van der Waals surface area (Å²) in [6, 6.07) is 8.77. The van der Waals surface area contributed by atoms with Crippen LogP contribution in [0.15, 0.2) is 45.9 Å². The van der Waals surface area contributed by atoms with Crippen LogP contribution in [0.5, 0.6) is 11.5 Å². The summed E-state index contributed by atoms with van der Waals surface area (Å²) in [5.41, 5.74) is 1.03. The molecule has 0 bridgehead atoms. The van der Waals surface area contributed by atoms with Gasteiger partial charge in [-0.3, -0.25) is 0 Å².